The number of amides is 3. The first-order valence-electron chi connectivity index (χ1n) is 24.7. The molecule has 0 saturated carbocycles. The molecule has 0 aromatic heterocycles. The highest BCUT2D eigenvalue weighted by atomic mass is 79.9. The number of piperazine rings is 1. The van der Waals surface area contributed by atoms with Gasteiger partial charge in [-0.25, -0.2) is 4.79 Å². The number of nitrogens with one attached hydrogen (secondary N) is 1. The fourth-order valence-electron chi connectivity index (χ4n) is 8.56. The highest BCUT2D eigenvalue weighted by molar-refractivity contribution is 9.10. The third-order valence-electron chi connectivity index (χ3n) is 12.3. The smallest absolute Gasteiger partial charge is 0.326 e. The van der Waals surface area contributed by atoms with Gasteiger partial charge in [-0.1, -0.05) is 80.4 Å². The fraction of sp³-hybridized carbons (Fsp3) is 0.302. The number of ether oxygens (including phenoxy) is 4. The summed E-state index contributed by atoms with van der Waals surface area (Å²) in [5, 5.41) is 10.1. The summed E-state index contributed by atoms with van der Waals surface area (Å²) in [6, 6.07) is 30.5. The maximum absolute atomic E-state index is 15.1. The van der Waals surface area contributed by atoms with E-state index in [1.807, 2.05) is 78.6 Å². The Balaban J connectivity index is 0.956. The average Bonchev–Trinajstić information content (AvgIpc) is 3.88. The molecule has 2 atom stereocenters. The number of carbonyl (C=O) groups is 3. The second-order valence-corrected chi connectivity index (χ2v) is 19.4. The number of hydrogen-bond acceptors (Lipinski definition) is 14. The maximum atomic E-state index is 15.1. The van der Waals surface area contributed by atoms with E-state index in [1.54, 1.807) is 42.3 Å². The molecular weight excluding hydrogens is 1140 g/mol. The summed E-state index contributed by atoms with van der Waals surface area (Å²) in [6.45, 7) is 5.01. The van der Waals surface area contributed by atoms with Gasteiger partial charge in [0, 0.05) is 71.8 Å². The molecule has 0 aliphatic carbocycles. The number of guanidine groups is 3. The molecule has 2 unspecified atom stereocenters. The van der Waals surface area contributed by atoms with Gasteiger partial charge in [0.25, 0.3) is 0 Å². The highest BCUT2D eigenvalue weighted by Gasteiger charge is 2.45. The Morgan fingerprint density at radius 1 is 0.718 bits per heavy atom. The number of esters is 1. The molecule has 412 valence electrons. The van der Waals surface area contributed by atoms with Crippen LogP contribution < -0.4 is 63.6 Å². The number of hydrogen-bond donors (Lipinski definition) is 7. The number of amidine groups is 1. The number of para-hydroxylation sites is 1. The number of nitrogens with two attached hydrogens (primary N) is 6. The van der Waals surface area contributed by atoms with Crippen LogP contribution in [0.3, 0.4) is 0 Å². The van der Waals surface area contributed by atoms with Crippen LogP contribution in [-0.2, 0) is 20.9 Å². The SMILES string of the molecule is CCOc1cc(OC)ccc1C1=NC(c2ccc(Br)cc2)C(c2ccc(Br)cc2)N1C(=O)N1CCN(CCOC(=O)CCC(=O)NCc2ccc(-c3cccc(ON=C(N)N)c3ON=C(N)N)cc2OCCN=C(N)N)CC1. The van der Waals surface area contributed by atoms with Crippen LogP contribution >= 0.6 is 31.9 Å². The molecule has 0 bridgehead atoms. The van der Waals surface area contributed by atoms with E-state index in [2.05, 4.69) is 57.4 Å². The molecule has 3 amide bonds. The molecule has 5 aromatic rings. The van der Waals surface area contributed by atoms with E-state index in [0.717, 1.165) is 20.1 Å². The Hall–Kier alpha value is -8.29. The van der Waals surface area contributed by atoms with Gasteiger partial charge in [0.1, 0.15) is 42.3 Å². The first kappa shape index (κ1) is 57.4. The van der Waals surface area contributed by atoms with Gasteiger partial charge in [-0.05, 0) is 82.5 Å². The lowest BCUT2D eigenvalue weighted by atomic mass is 9.94. The minimum absolute atomic E-state index is 0.0452. The van der Waals surface area contributed by atoms with Crippen LogP contribution in [0.15, 0.2) is 132 Å². The molecule has 0 radical (unpaired) electrons. The summed E-state index contributed by atoms with van der Waals surface area (Å²) in [6.07, 6.45) is -0.272. The zero-order chi connectivity index (χ0) is 55.7. The average molecular weight is 1200 g/mol. The fourth-order valence-corrected chi connectivity index (χ4v) is 9.09. The topological polar surface area (TPSA) is 334 Å². The number of urea groups is 1. The number of benzene rings is 5. The van der Waals surface area contributed by atoms with E-state index in [-0.39, 0.29) is 74.6 Å². The zero-order valence-electron chi connectivity index (χ0n) is 43.0. The standard InChI is InChI=1S/C53H62Br2N14O9/c1-3-74-43-30-38(73-2)17-18-40(43)49-64-46(32-9-13-36(54)14-10-32)47(33-11-15-37(55)16-12-33)69(49)53(72)68-24-22-67(23-25-68)26-28-76-45(71)20-19-44(70)63-31-35-8-7-34(29-42(35)75-27-21-62-50(56)57)39-5-4-6-41(77-65-51(58)59)48(39)78-66-52(60)61/h4-18,29-30,46-47H,3,19-28,31H2,1-2H3,(H,63,70)(H4,56,57,62)(H4,58,59,65)(H4,60,61,66). The number of carbonyl (C=O) groups excluding carboxylic acids is 3. The Morgan fingerprint density at radius 2 is 1.41 bits per heavy atom. The van der Waals surface area contributed by atoms with Crippen molar-refractivity contribution in [3.63, 3.8) is 0 Å². The van der Waals surface area contributed by atoms with Gasteiger partial charge >= 0.3 is 12.0 Å². The lowest BCUT2D eigenvalue weighted by molar-refractivity contribution is -0.145. The van der Waals surface area contributed by atoms with Gasteiger partial charge in [0.05, 0.1) is 38.3 Å². The van der Waals surface area contributed by atoms with Gasteiger partial charge in [0.15, 0.2) is 5.96 Å². The summed E-state index contributed by atoms with van der Waals surface area (Å²) >= 11 is 7.15. The molecule has 13 N–H and O–H groups in total. The van der Waals surface area contributed by atoms with Crippen molar-refractivity contribution in [2.75, 3.05) is 66.2 Å². The Morgan fingerprint density at radius 3 is 2.08 bits per heavy atom. The summed E-state index contributed by atoms with van der Waals surface area (Å²) in [7, 11) is 1.59. The van der Waals surface area contributed by atoms with E-state index >= 15 is 4.79 Å². The Kier molecular flexibility index (Phi) is 20.4. The van der Waals surface area contributed by atoms with Crippen LogP contribution in [0.5, 0.6) is 28.7 Å². The Labute approximate surface area is 467 Å². The lowest BCUT2D eigenvalue weighted by Crippen LogP contribution is -2.54. The number of methoxy groups -OCH3 is 1. The first-order valence-corrected chi connectivity index (χ1v) is 26.3. The molecule has 1 fully saturated rings. The summed E-state index contributed by atoms with van der Waals surface area (Å²) in [5.74, 6) is 0.482. The molecule has 2 heterocycles. The molecule has 78 heavy (non-hydrogen) atoms. The third kappa shape index (κ3) is 15.4. The van der Waals surface area contributed by atoms with Crippen LogP contribution in [0.1, 0.15) is 54.1 Å². The third-order valence-corrected chi connectivity index (χ3v) is 13.3. The van der Waals surface area contributed by atoms with Gasteiger partial charge in [-0.2, -0.15) is 0 Å². The highest BCUT2D eigenvalue weighted by Crippen LogP contribution is 2.46. The monoisotopic (exact) mass is 1200 g/mol. The summed E-state index contributed by atoms with van der Waals surface area (Å²) in [5.41, 5.74) is 37.2. The summed E-state index contributed by atoms with van der Waals surface area (Å²) < 4.78 is 25.2. The lowest BCUT2D eigenvalue weighted by Gasteiger charge is -2.39. The van der Waals surface area contributed by atoms with Gasteiger partial charge < -0.3 is 73.2 Å². The number of halogens is 2. The normalized spacial score (nSPS) is 15.1. The minimum Gasteiger partial charge on any atom is -0.497 e. The van der Waals surface area contributed by atoms with Crippen molar-refractivity contribution in [3.05, 3.63) is 134 Å². The zero-order valence-corrected chi connectivity index (χ0v) is 46.2. The van der Waals surface area contributed by atoms with Crippen molar-refractivity contribution in [1.82, 2.24) is 20.0 Å². The van der Waals surface area contributed by atoms with Crippen LogP contribution in [-0.4, -0.2) is 123 Å². The van der Waals surface area contributed by atoms with Gasteiger partial charge in [0.2, 0.25) is 29.3 Å². The van der Waals surface area contributed by atoms with E-state index < -0.39 is 24.0 Å². The first-order chi connectivity index (χ1) is 37.6. The van der Waals surface area contributed by atoms with E-state index in [1.165, 1.54) is 6.07 Å². The molecule has 7 rings (SSSR count). The van der Waals surface area contributed by atoms with Crippen molar-refractivity contribution in [2.24, 2.45) is 54.7 Å². The molecular formula is C53H62Br2N14O9. The molecule has 5 aromatic carbocycles. The van der Waals surface area contributed by atoms with E-state index in [0.29, 0.717) is 84.7 Å². The second kappa shape index (κ2) is 27.7. The predicted molar refractivity (Wildman–Crippen MR) is 303 cm³/mol. The molecule has 25 heteroatoms. The number of rotatable bonds is 23. The van der Waals surface area contributed by atoms with Crippen molar-refractivity contribution in [3.8, 4) is 39.9 Å². The van der Waals surface area contributed by atoms with Crippen LogP contribution in [0.25, 0.3) is 11.1 Å². The van der Waals surface area contributed by atoms with Gasteiger partial charge in [-0.15, -0.1) is 0 Å². The number of aliphatic imine (C=N–C) groups is 2. The number of oxime groups is 2. The van der Waals surface area contributed by atoms with Crippen LogP contribution in [0.2, 0.25) is 0 Å². The Bertz CT molecular complexity index is 3020. The molecule has 0 spiro atoms. The minimum atomic E-state index is -0.526. The quantitative estimate of drug-likeness (QED) is 0.0149. The number of nitrogens with zero attached hydrogens (tertiary/aromatic N) is 7. The molecule has 2 aliphatic rings. The summed E-state index contributed by atoms with van der Waals surface area (Å²) in [4.78, 5) is 67.1. The van der Waals surface area contributed by atoms with Gasteiger partial charge in [-0.3, -0.25) is 29.4 Å². The molecule has 23 nitrogen and oxygen atoms in total. The van der Waals surface area contributed by atoms with Crippen molar-refractivity contribution in [1.29, 1.82) is 0 Å². The largest absolute Gasteiger partial charge is 0.497 e. The van der Waals surface area contributed by atoms with Crippen molar-refractivity contribution >= 4 is 73.5 Å². The second-order valence-electron chi connectivity index (χ2n) is 17.5. The van der Waals surface area contributed by atoms with E-state index in [4.69, 9.17) is 68.0 Å². The van der Waals surface area contributed by atoms with Crippen molar-refractivity contribution in [2.45, 2.75) is 38.4 Å². The van der Waals surface area contributed by atoms with E-state index in [9.17, 15) is 9.59 Å². The molecule has 1 saturated heterocycles. The van der Waals surface area contributed by atoms with Crippen LogP contribution in [0, 0.1) is 0 Å². The predicted octanol–water partition coefficient (Wildman–Crippen LogP) is 4.99. The molecule has 2 aliphatic heterocycles. The van der Waals surface area contributed by atoms with Crippen LogP contribution in [0.4, 0.5) is 4.79 Å². The maximum Gasteiger partial charge on any atom is 0.326 e. The van der Waals surface area contributed by atoms with Crippen molar-refractivity contribution < 1.29 is 43.0 Å².